The molecule has 0 aliphatic carbocycles. The molecule has 1 aromatic heterocycles. The second kappa shape index (κ2) is 7.94. The van der Waals surface area contributed by atoms with Crippen molar-refractivity contribution < 1.29 is 9.47 Å². The van der Waals surface area contributed by atoms with Crippen LogP contribution in [0.3, 0.4) is 0 Å². The summed E-state index contributed by atoms with van der Waals surface area (Å²) < 4.78 is 11.1. The van der Waals surface area contributed by atoms with Crippen molar-refractivity contribution in [2.24, 2.45) is 5.73 Å². The second-order valence-corrected chi connectivity index (χ2v) is 5.20. The minimum atomic E-state index is 0.571. The Morgan fingerprint density at radius 2 is 1.89 bits per heavy atom. The third-order valence-electron chi connectivity index (χ3n) is 2.68. The van der Waals surface area contributed by atoms with Gasteiger partial charge in [-0.1, -0.05) is 18.2 Å². The minimum absolute atomic E-state index is 0.571. The number of ether oxygens (including phenoxy) is 2. The molecule has 1 heterocycles. The Hall–Kier alpha value is -1.36. The molecule has 0 aliphatic rings. The van der Waals surface area contributed by atoms with Gasteiger partial charge in [-0.25, -0.2) is 0 Å². The van der Waals surface area contributed by atoms with Crippen molar-refractivity contribution in [1.29, 1.82) is 0 Å². The topological polar surface area (TPSA) is 44.5 Å². The number of hydrogen-bond acceptors (Lipinski definition) is 4. The lowest BCUT2D eigenvalue weighted by Gasteiger charge is -2.07. The molecule has 1 aromatic carbocycles. The van der Waals surface area contributed by atoms with Gasteiger partial charge in [-0.15, -0.1) is 11.3 Å². The van der Waals surface area contributed by atoms with E-state index in [2.05, 4.69) is 23.6 Å². The van der Waals surface area contributed by atoms with Crippen LogP contribution in [0.1, 0.15) is 10.4 Å². The average molecular weight is 277 g/mol. The maximum Gasteiger partial charge on any atom is 0.119 e. The molecule has 0 fully saturated rings. The Kier molecular flexibility index (Phi) is 5.88. The monoisotopic (exact) mass is 277 g/mol. The number of thiophene rings is 1. The first kappa shape index (κ1) is 14.1. The summed E-state index contributed by atoms with van der Waals surface area (Å²) in [4.78, 5) is 1.24. The number of rotatable bonds is 8. The van der Waals surface area contributed by atoms with E-state index in [1.54, 1.807) is 11.3 Å². The smallest absolute Gasteiger partial charge is 0.119 e. The summed E-state index contributed by atoms with van der Waals surface area (Å²) in [7, 11) is 0. The number of nitrogens with two attached hydrogens (primary N) is 1. The maximum atomic E-state index is 5.61. The molecule has 0 radical (unpaired) electrons. The van der Waals surface area contributed by atoms with Crippen LogP contribution in [0.25, 0.3) is 0 Å². The van der Waals surface area contributed by atoms with Gasteiger partial charge in [0.15, 0.2) is 0 Å². The molecule has 0 saturated heterocycles. The first-order valence-corrected chi connectivity index (χ1v) is 7.28. The third kappa shape index (κ3) is 5.03. The van der Waals surface area contributed by atoms with Crippen LogP contribution in [0.2, 0.25) is 0 Å². The van der Waals surface area contributed by atoms with Gasteiger partial charge in [0.05, 0.1) is 13.2 Å². The minimum Gasteiger partial charge on any atom is -0.491 e. The molecule has 3 nitrogen and oxygen atoms in total. The number of hydrogen-bond donors (Lipinski definition) is 1. The van der Waals surface area contributed by atoms with Crippen molar-refractivity contribution in [1.82, 2.24) is 0 Å². The van der Waals surface area contributed by atoms with Crippen molar-refractivity contribution in [3.05, 3.63) is 52.2 Å². The molecular weight excluding hydrogens is 258 g/mol. The second-order valence-electron chi connectivity index (χ2n) is 4.16. The lowest BCUT2D eigenvalue weighted by Crippen LogP contribution is -2.06. The number of benzene rings is 1. The molecular formula is C15H19NO2S. The Bertz CT molecular complexity index is 454. The molecule has 0 atom stereocenters. The van der Waals surface area contributed by atoms with Crippen LogP contribution in [-0.2, 0) is 17.8 Å². The SMILES string of the molecule is NCCc1ccc(OCCOCc2cccs2)cc1. The van der Waals surface area contributed by atoms with Gasteiger partial charge in [-0.3, -0.25) is 0 Å². The van der Waals surface area contributed by atoms with E-state index in [0.29, 0.717) is 26.4 Å². The van der Waals surface area contributed by atoms with Crippen LogP contribution in [0.4, 0.5) is 0 Å². The Balaban J connectivity index is 1.62. The molecule has 0 unspecified atom stereocenters. The zero-order valence-electron chi connectivity index (χ0n) is 10.9. The van der Waals surface area contributed by atoms with Gasteiger partial charge in [-0.2, -0.15) is 0 Å². The molecule has 4 heteroatoms. The quantitative estimate of drug-likeness (QED) is 0.755. The highest BCUT2D eigenvalue weighted by atomic mass is 32.1. The van der Waals surface area contributed by atoms with Gasteiger partial charge in [0.25, 0.3) is 0 Å². The van der Waals surface area contributed by atoms with E-state index < -0.39 is 0 Å². The summed E-state index contributed by atoms with van der Waals surface area (Å²) in [5.74, 6) is 0.875. The van der Waals surface area contributed by atoms with Crippen LogP contribution < -0.4 is 10.5 Å². The van der Waals surface area contributed by atoms with E-state index >= 15 is 0 Å². The molecule has 2 rings (SSSR count). The van der Waals surface area contributed by atoms with Gasteiger partial charge in [-0.05, 0) is 42.1 Å². The van der Waals surface area contributed by atoms with Gasteiger partial charge in [0.1, 0.15) is 12.4 Å². The third-order valence-corrected chi connectivity index (χ3v) is 3.53. The van der Waals surface area contributed by atoms with E-state index in [1.807, 2.05) is 18.2 Å². The van der Waals surface area contributed by atoms with Crippen molar-refractivity contribution >= 4 is 11.3 Å². The van der Waals surface area contributed by atoms with Crippen molar-refractivity contribution in [2.45, 2.75) is 13.0 Å². The van der Waals surface area contributed by atoms with Crippen LogP contribution in [0, 0.1) is 0 Å². The fourth-order valence-electron chi connectivity index (χ4n) is 1.70. The normalized spacial score (nSPS) is 10.6. The predicted molar refractivity (Wildman–Crippen MR) is 78.7 cm³/mol. The van der Waals surface area contributed by atoms with Crippen LogP contribution in [0.15, 0.2) is 41.8 Å². The fourth-order valence-corrected chi connectivity index (χ4v) is 2.35. The van der Waals surface area contributed by atoms with Crippen molar-refractivity contribution in [3.63, 3.8) is 0 Å². The maximum absolute atomic E-state index is 5.61. The van der Waals surface area contributed by atoms with Crippen molar-refractivity contribution in [3.8, 4) is 5.75 Å². The lowest BCUT2D eigenvalue weighted by molar-refractivity contribution is 0.0905. The summed E-state index contributed by atoms with van der Waals surface area (Å²) in [6, 6.07) is 12.2. The summed E-state index contributed by atoms with van der Waals surface area (Å²) in [5.41, 5.74) is 6.74. The summed E-state index contributed by atoms with van der Waals surface area (Å²) >= 11 is 1.71. The predicted octanol–water partition coefficient (Wildman–Crippen LogP) is 2.84. The van der Waals surface area contributed by atoms with E-state index in [-0.39, 0.29) is 0 Å². The van der Waals surface area contributed by atoms with E-state index in [4.69, 9.17) is 15.2 Å². The van der Waals surface area contributed by atoms with Gasteiger partial charge in [0.2, 0.25) is 0 Å². The van der Waals surface area contributed by atoms with Gasteiger partial charge >= 0.3 is 0 Å². The molecule has 0 saturated carbocycles. The molecule has 0 amide bonds. The van der Waals surface area contributed by atoms with Crippen LogP contribution >= 0.6 is 11.3 Å². The summed E-state index contributed by atoms with van der Waals surface area (Å²) in [6.07, 6.45) is 0.907. The fraction of sp³-hybridized carbons (Fsp3) is 0.333. The lowest BCUT2D eigenvalue weighted by atomic mass is 10.1. The standard InChI is InChI=1S/C15H19NO2S/c16-8-7-13-3-5-14(6-4-13)18-10-9-17-12-15-2-1-11-19-15/h1-6,11H,7-10,12,16H2. The molecule has 19 heavy (non-hydrogen) atoms. The van der Waals surface area contributed by atoms with Crippen molar-refractivity contribution in [2.75, 3.05) is 19.8 Å². The largest absolute Gasteiger partial charge is 0.491 e. The molecule has 0 spiro atoms. The summed E-state index contributed by atoms with van der Waals surface area (Å²) in [6.45, 7) is 2.51. The summed E-state index contributed by atoms with van der Waals surface area (Å²) in [5, 5.41) is 2.05. The molecule has 0 aliphatic heterocycles. The van der Waals surface area contributed by atoms with Gasteiger partial charge in [0, 0.05) is 4.88 Å². The first-order valence-electron chi connectivity index (χ1n) is 6.40. The van der Waals surface area contributed by atoms with E-state index in [9.17, 15) is 0 Å². The molecule has 2 aromatic rings. The van der Waals surface area contributed by atoms with Gasteiger partial charge < -0.3 is 15.2 Å². The first-order chi connectivity index (χ1) is 9.38. The zero-order valence-corrected chi connectivity index (χ0v) is 11.7. The highest BCUT2D eigenvalue weighted by Gasteiger charge is 1.97. The highest BCUT2D eigenvalue weighted by molar-refractivity contribution is 7.09. The molecule has 102 valence electrons. The molecule has 0 bridgehead atoms. The van der Waals surface area contributed by atoms with E-state index in [1.165, 1.54) is 10.4 Å². The zero-order chi connectivity index (χ0) is 13.3. The Labute approximate surface area is 118 Å². The highest BCUT2D eigenvalue weighted by Crippen LogP contribution is 2.13. The van der Waals surface area contributed by atoms with Crippen LogP contribution in [-0.4, -0.2) is 19.8 Å². The average Bonchev–Trinajstić information content (AvgIpc) is 2.94. The molecule has 2 N–H and O–H groups in total. The van der Waals surface area contributed by atoms with Crippen LogP contribution in [0.5, 0.6) is 5.75 Å². The van der Waals surface area contributed by atoms with E-state index in [0.717, 1.165) is 12.2 Å². The Morgan fingerprint density at radius 1 is 1.05 bits per heavy atom. The Morgan fingerprint density at radius 3 is 2.58 bits per heavy atom.